The number of hydrogen-bond acceptors (Lipinski definition) is 4. The van der Waals surface area contributed by atoms with Gasteiger partial charge in [-0.2, -0.15) is 0 Å². The van der Waals surface area contributed by atoms with Crippen molar-refractivity contribution in [3.63, 3.8) is 0 Å². The van der Waals surface area contributed by atoms with Crippen LogP contribution in [0.2, 0.25) is 0 Å². The summed E-state index contributed by atoms with van der Waals surface area (Å²) in [7, 11) is 0. The smallest absolute Gasteiger partial charge is 0.256 e. The Labute approximate surface area is 153 Å². The van der Waals surface area contributed by atoms with Gasteiger partial charge >= 0.3 is 0 Å². The van der Waals surface area contributed by atoms with Crippen molar-refractivity contribution < 1.29 is 9.53 Å². The van der Waals surface area contributed by atoms with Gasteiger partial charge in [0, 0.05) is 36.4 Å². The van der Waals surface area contributed by atoms with Crippen molar-refractivity contribution in [3.05, 3.63) is 65.6 Å². The van der Waals surface area contributed by atoms with E-state index in [4.69, 9.17) is 4.74 Å². The van der Waals surface area contributed by atoms with Gasteiger partial charge in [0.15, 0.2) is 0 Å². The summed E-state index contributed by atoms with van der Waals surface area (Å²) < 4.78 is 5.69. The van der Waals surface area contributed by atoms with E-state index in [2.05, 4.69) is 9.97 Å². The topological polar surface area (TPSA) is 55.3 Å². The molecule has 0 atom stereocenters. The number of hydrogen-bond donors (Lipinski definition) is 0. The number of fused-ring (bicyclic) bond motifs is 1. The lowest BCUT2D eigenvalue weighted by atomic mass is 10.1. The second-order valence-electron chi connectivity index (χ2n) is 6.05. The molecule has 5 nitrogen and oxygen atoms in total. The summed E-state index contributed by atoms with van der Waals surface area (Å²) in [5, 5.41) is 0.868. The molecule has 0 saturated heterocycles. The average molecular weight is 349 g/mol. The van der Waals surface area contributed by atoms with Crippen LogP contribution in [0.3, 0.4) is 0 Å². The van der Waals surface area contributed by atoms with Crippen LogP contribution in [0.4, 0.5) is 0 Å². The Morgan fingerprint density at radius 2 is 2.00 bits per heavy atom. The van der Waals surface area contributed by atoms with Gasteiger partial charge in [-0.1, -0.05) is 18.2 Å². The van der Waals surface area contributed by atoms with E-state index in [1.54, 1.807) is 12.4 Å². The van der Waals surface area contributed by atoms with Gasteiger partial charge in [0.2, 0.25) is 0 Å². The molecule has 0 spiro atoms. The fraction of sp³-hybridized carbons (Fsp3) is 0.286. The summed E-state index contributed by atoms with van der Waals surface area (Å²) >= 11 is 0. The molecule has 0 bridgehead atoms. The van der Waals surface area contributed by atoms with Gasteiger partial charge in [-0.3, -0.25) is 14.8 Å². The molecule has 3 aromatic rings. The summed E-state index contributed by atoms with van der Waals surface area (Å²) in [6.45, 7) is 7.50. The summed E-state index contributed by atoms with van der Waals surface area (Å²) in [6, 6.07) is 11.6. The number of benzene rings is 1. The lowest BCUT2D eigenvalue weighted by molar-refractivity contribution is 0.0750. The number of aryl methyl sites for hydroxylation is 1. The zero-order valence-corrected chi connectivity index (χ0v) is 15.4. The van der Waals surface area contributed by atoms with Crippen LogP contribution >= 0.6 is 0 Å². The minimum atomic E-state index is -0.0328. The summed E-state index contributed by atoms with van der Waals surface area (Å²) in [4.78, 5) is 23.6. The molecule has 3 rings (SSSR count). The molecule has 26 heavy (non-hydrogen) atoms. The Morgan fingerprint density at radius 1 is 1.19 bits per heavy atom. The summed E-state index contributed by atoms with van der Waals surface area (Å²) in [5.74, 6) is 0.786. The highest BCUT2D eigenvalue weighted by molar-refractivity contribution is 5.98. The van der Waals surface area contributed by atoms with Crippen molar-refractivity contribution in [1.82, 2.24) is 14.9 Å². The van der Waals surface area contributed by atoms with Crippen molar-refractivity contribution in [2.75, 3.05) is 13.2 Å². The normalized spacial score (nSPS) is 10.7. The van der Waals surface area contributed by atoms with Crippen molar-refractivity contribution in [2.24, 2.45) is 0 Å². The Balaban J connectivity index is 1.91. The van der Waals surface area contributed by atoms with Crippen LogP contribution in [0.5, 0.6) is 5.75 Å². The van der Waals surface area contributed by atoms with Crippen LogP contribution < -0.4 is 4.74 Å². The molecule has 0 N–H and O–H groups in total. The SMILES string of the molecule is CCOc1ccccc1CN(CC)C(=O)c1cc2cnccc2nc1C. The van der Waals surface area contributed by atoms with Gasteiger partial charge < -0.3 is 9.64 Å². The van der Waals surface area contributed by atoms with Crippen molar-refractivity contribution in [3.8, 4) is 5.75 Å². The fourth-order valence-corrected chi connectivity index (χ4v) is 2.96. The van der Waals surface area contributed by atoms with Gasteiger partial charge in [0.1, 0.15) is 5.75 Å². The van der Waals surface area contributed by atoms with E-state index in [1.165, 1.54) is 0 Å². The molecule has 0 aliphatic heterocycles. The average Bonchev–Trinajstić information content (AvgIpc) is 2.66. The van der Waals surface area contributed by atoms with E-state index >= 15 is 0 Å². The van der Waals surface area contributed by atoms with E-state index in [-0.39, 0.29) is 5.91 Å². The van der Waals surface area contributed by atoms with Crippen LogP contribution in [0.1, 0.15) is 35.5 Å². The molecule has 0 radical (unpaired) electrons. The first-order valence-corrected chi connectivity index (χ1v) is 8.85. The van der Waals surface area contributed by atoms with E-state index < -0.39 is 0 Å². The highest BCUT2D eigenvalue weighted by Gasteiger charge is 2.19. The molecule has 0 saturated carbocycles. The Kier molecular flexibility index (Phi) is 5.46. The third kappa shape index (κ3) is 3.67. The van der Waals surface area contributed by atoms with Crippen molar-refractivity contribution in [1.29, 1.82) is 0 Å². The van der Waals surface area contributed by atoms with Crippen molar-refractivity contribution in [2.45, 2.75) is 27.3 Å². The Bertz CT molecular complexity index is 924. The third-order valence-corrected chi connectivity index (χ3v) is 4.34. The minimum absolute atomic E-state index is 0.0328. The first-order chi connectivity index (χ1) is 12.6. The van der Waals surface area contributed by atoms with E-state index in [1.807, 2.05) is 62.1 Å². The quantitative estimate of drug-likeness (QED) is 0.675. The predicted molar refractivity (Wildman–Crippen MR) is 102 cm³/mol. The highest BCUT2D eigenvalue weighted by Crippen LogP contribution is 2.22. The zero-order valence-electron chi connectivity index (χ0n) is 15.4. The molecule has 2 heterocycles. The van der Waals surface area contributed by atoms with Gasteiger partial charge in [-0.05, 0) is 39.0 Å². The van der Waals surface area contributed by atoms with E-state index in [0.717, 1.165) is 27.9 Å². The number of carbonyl (C=O) groups excluding carboxylic acids is 1. The van der Waals surface area contributed by atoms with Gasteiger partial charge in [-0.25, -0.2) is 0 Å². The first-order valence-electron chi connectivity index (χ1n) is 8.85. The van der Waals surface area contributed by atoms with E-state index in [9.17, 15) is 4.79 Å². The van der Waals surface area contributed by atoms with E-state index in [0.29, 0.717) is 25.3 Å². The molecule has 0 aliphatic carbocycles. The standard InChI is InChI=1S/C21H23N3O2/c1-4-24(14-16-8-6-7-9-20(16)26-5-2)21(25)18-12-17-13-22-11-10-19(17)23-15(18)3/h6-13H,4-5,14H2,1-3H3. The largest absolute Gasteiger partial charge is 0.494 e. The lowest BCUT2D eigenvalue weighted by Gasteiger charge is -2.23. The van der Waals surface area contributed by atoms with Crippen LogP contribution in [-0.4, -0.2) is 33.9 Å². The molecular formula is C21H23N3O2. The van der Waals surface area contributed by atoms with Gasteiger partial charge in [0.05, 0.1) is 23.4 Å². The van der Waals surface area contributed by atoms with Crippen LogP contribution in [0.15, 0.2) is 48.8 Å². The molecule has 0 unspecified atom stereocenters. The summed E-state index contributed by atoms with van der Waals surface area (Å²) in [5.41, 5.74) is 3.18. The number of para-hydroxylation sites is 1. The fourth-order valence-electron chi connectivity index (χ4n) is 2.96. The molecule has 1 amide bonds. The molecule has 134 valence electrons. The number of ether oxygens (including phenoxy) is 1. The molecule has 1 aromatic carbocycles. The monoisotopic (exact) mass is 349 g/mol. The maximum atomic E-state index is 13.1. The number of nitrogens with zero attached hydrogens (tertiary/aromatic N) is 3. The Morgan fingerprint density at radius 3 is 2.77 bits per heavy atom. The molecule has 2 aromatic heterocycles. The van der Waals surface area contributed by atoms with Crippen molar-refractivity contribution >= 4 is 16.8 Å². The molecule has 5 heteroatoms. The van der Waals surface area contributed by atoms with Crippen LogP contribution in [0, 0.1) is 6.92 Å². The Hall–Kier alpha value is -2.95. The number of pyridine rings is 2. The predicted octanol–water partition coefficient (Wildman–Crippen LogP) is 4.00. The number of aromatic nitrogens is 2. The maximum absolute atomic E-state index is 13.1. The number of rotatable bonds is 6. The minimum Gasteiger partial charge on any atom is -0.494 e. The highest BCUT2D eigenvalue weighted by atomic mass is 16.5. The molecular weight excluding hydrogens is 326 g/mol. The third-order valence-electron chi connectivity index (χ3n) is 4.34. The maximum Gasteiger partial charge on any atom is 0.256 e. The number of carbonyl (C=O) groups is 1. The van der Waals surface area contributed by atoms with Gasteiger partial charge in [0.25, 0.3) is 5.91 Å². The second kappa shape index (κ2) is 7.95. The molecule has 0 aliphatic rings. The lowest BCUT2D eigenvalue weighted by Crippen LogP contribution is -2.31. The molecule has 0 fully saturated rings. The number of amides is 1. The van der Waals surface area contributed by atoms with Crippen LogP contribution in [0.25, 0.3) is 10.9 Å². The van der Waals surface area contributed by atoms with Crippen LogP contribution in [-0.2, 0) is 6.54 Å². The first kappa shape index (κ1) is 17.9. The zero-order chi connectivity index (χ0) is 18.5. The summed E-state index contributed by atoms with van der Waals surface area (Å²) in [6.07, 6.45) is 3.44. The van der Waals surface area contributed by atoms with Gasteiger partial charge in [-0.15, -0.1) is 0 Å². The second-order valence-corrected chi connectivity index (χ2v) is 6.05.